The fraction of sp³-hybridized carbons (Fsp3) is 0.429. The Balaban J connectivity index is 3.00. The fourth-order valence-corrected chi connectivity index (χ4v) is 2.54. The van der Waals surface area contributed by atoms with Crippen molar-refractivity contribution in [2.45, 2.75) is 19.8 Å². The monoisotopic (exact) mass is 344 g/mol. The number of carbonyl (C=O) groups excluding carboxylic acids is 1. The third-order valence-corrected chi connectivity index (χ3v) is 3.44. The van der Waals surface area contributed by atoms with Crippen LogP contribution in [0.2, 0.25) is 0 Å². The maximum Gasteiger partial charge on any atom is 0.303 e. The largest absolute Gasteiger partial charge is 0.497 e. The summed E-state index contributed by atoms with van der Waals surface area (Å²) in [5, 5.41) is 8.73. The molecule has 0 bridgehead atoms. The molecule has 0 saturated carbocycles. The average molecular weight is 345 g/mol. The molecule has 20 heavy (non-hydrogen) atoms. The summed E-state index contributed by atoms with van der Waals surface area (Å²) in [5.41, 5.74) is 0.408. The van der Waals surface area contributed by atoms with Gasteiger partial charge in [0.15, 0.2) is 5.78 Å². The van der Waals surface area contributed by atoms with Crippen LogP contribution in [0.25, 0.3) is 0 Å². The molecule has 1 N–H and O–H groups in total. The Morgan fingerprint density at radius 3 is 2.40 bits per heavy atom. The summed E-state index contributed by atoms with van der Waals surface area (Å²) in [6, 6.07) is 3.30. The molecular formula is C14H17BrO5. The number of benzene rings is 1. The lowest BCUT2D eigenvalue weighted by atomic mass is 9.96. The highest BCUT2D eigenvalue weighted by Crippen LogP contribution is 2.34. The van der Waals surface area contributed by atoms with Gasteiger partial charge >= 0.3 is 5.97 Å². The van der Waals surface area contributed by atoms with E-state index < -0.39 is 5.97 Å². The lowest BCUT2D eigenvalue weighted by molar-refractivity contribution is -0.137. The van der Waals surface area contributed by atoms with Gasteiger partial charge in [-0.15, -0.1) is 0 Å². The summed E-state index contributed by atoms with van der Waals surface area (Å²) in [6.07, 6.45) is 0.107. The maximum atomic E-state index is 12.3. The second-order valence-electron chi connectivity index (χ2n) is 4.52. The molecule has 1 unspecified atom stereocenters. The summed E-state index contributed by atoms with van der Waals surface area (Å²) in [6.45, 7) is 1.73. The van der Waals surface area contributed by atoms with E-state index in [9.17, 15) is 9.59 Å². The maximum absolute atomic E-state index is 12.3. The molecule has 0 aliphatic rings. The number of carbonyl (C=O) groups is 2. The van der Waals surface area contributed by atoms with Gasteiger partial charge in [-0.2, -0.15) is 0 Å². The number of ether oxygens (including phenoxy) is 2. The highest BCUT2D eigenvalue weighted by Gasteiger charge is 2.21. The van der Waals surface area contributed by atoms with E-state index in [1.165, 1.54) is 14.2 Å². The predicted octanol–water partition coefficient (Wildman–Crippen LogP) is 3.15. The van der Waals surface area contributed by atoms with Gasteiger partial charge in [0, 0.05) is 23.4 Å². The average Bonchev–Trinajstić information content (AvgIpc) is 2.35. The van der Waals surface area contributed by atoms with Crippen molar-refractivity contribution in [3.05, 3.63) is 22.2 Å². The van der Waals surface area contributed by atoms with Gasteiger partial charge in [-0.05, 0) is 27.9 Å². The SMILES string of the molecule is COc1cc(Br)c(C(=O)CC(C)CC(=O)O)c(OC)c1. The molecule has 0 heterocycles. The number of methoxy groups -OCH3 is 2. The first kappa shape index (κ1) is 16.5. The van der Waals surface area contributed by atoms with Crippen LogP contribution in [0.15, 0.2) is 16.6 Å². The molecule has 1 rings (SSSR count). The molecule has 0 spiro atoms. The molecule has 1 aromatic carbocycles. The van der Waals surface area contributed by atoms with E-state index in [4.69, 9.17) is 14.6 Å². The number of carboxylic acid groups (broad SMARTS) is 1. The van der Waals surface area contributed by atoms with E-state index in [2.05, 4.69) is 15.9 Å². The minimum absolute atomic E-state index is 0.0399. The van der Waals surface area contributed by atoms with Crippen molar-refractivity contribution in [1.82, 2.24) is 0 Å². The molecule has 6 heteroatoms. The number of rotatable bonds is 7. The van der Waals surface area contributed by atoms with Gasteiger partial charge in [-0.1, -0.05) is 6.92 Å². The number of Topliss-reactive ketones (excluding diaryl/α,β-unsaturated/α-hetero) is 1. The van der Waals surface area contributed by atoms with E-state index in [0.717, 1.165) is 0 Å². The van der Waals surface area contributed by atoms with Gasteiger partial charge in [0.2, 0.25) is 0 Å². The van der Waals surface area contributed by atoms with Crippen LogP contribution < -0.4 is 9.47 Å². The van der Waals surface area contributed by atoms with E-state index in [0.29, 0.717) is 21.5 Å². The zero-order chi connectivity index (χ0) is 15.3. The zero-order valence-corrected chi connectivity index (χ0v) is 13.2. The van der Waals surface area contributed by atoms with Gasteiger partial charge in [0.05, 0.1) is 19.8 Å². The van der Waals surface area contributed by atoms with Crippen molar-refractivity contribution < 1.29 is 24.2 Å². The molecule has 5 nitrogen and oxygen atoms in total. The zero-order valence-electron chi connectivity index (χ0n) is 11.6. The molecule has 1 aromatic rings. The normalized spacial score (nSPS) is 11.8. The fourth-order valence-electron chi connectivity index (χ4n) is 1.90. The van der Waals surface area contributed by atoms with Crippen LogP contribution in [-0.2, 0) is 4.79 Å². The summed E-state index contributed by atoms with van der Waals surface area (Å²) in [5.74, 6) is -0.331. The highest BCUT2D eigenvalue weighted by atomic mass is 79.9. The van der Waals surface area contributed by atoms with Gasteiger partial charge < -0.3 is 14.6 Å². The molecular weight excluding hydrogens is 328 g/mol. The first-order chi connectivity index (χ1) is 9.38. The standard InChI is InChI=1S/C14H17BrO5/c1-8(5-13(17)18)4-11(16)14-10(15)6-9(19-2)7-12(14)20-3/h6-8H,4-5H2,1-3H3,(H,17,18). The molecule has 0 saturated heterocycles. The van der Waals surface area contributed by atoms with Crippen molar-refractivity contribution >= 4 is 27.7 Å². The van der Waals surface area contributed by atoms with Crippen LogP contribution in [0.1, 0.15) is 30.1 Å². The van der Waals surface area contributed by atoms with E-state index in [1.54, 1.807) is 19.1 Å². The number of hydrogen-bond acceptors (Lipinski definition) is 4. The molecule has 0 aromatic heterocycles. The minimum atomic E-state index is -0.911. The van der Waals surface area contributed by atoms with Crippen molar-refractivity contribution in [3.8, 4) is 11.5 Å². The van der Waals surface area contributed by atoms with Crippen LogP contribution in [0.4, 0.5) is 0 Å². The lowest BCUT2D eigenvalue weighted by Gasteiger charge is -2.13. The van der Waals surface area contributed by atoms with Crippen molar-refractivity contribution in [2.75, 3.05) is 14.2 Å². The topological polar surface area (TPSA) is 72.8 Å². The first-order valence-corrected chi connectivity index (χ1v) is 6.84. The summed E-state index contributed by atoms with van der Waals surface area (Å²) in [7, 11) is 3.00. The third kappa shape index (κ3) is 4.23. The quantitative estimate of drug-likeness (QED) is 0.769. The second kappa shape index (κ2) is 7.28. The van der Waals surface area contributed by atoms with E-state index in [-0.39, 0.29) is 24.5 Å². The Morgan fingerprint density at radius 2 is 1.90 bits per heavy atom. The van der Waals surface area contributed by atoms with Crippen molar-refractivity contribution in [2.24, 2.45) is 5.92 Å². The van der Waals surface area contributed by atoms with Crippen LogP contribution in [-0.4, -0.2) is 31.1 Å². The summed E-state index contributed by atoms with van der Waals surface area (Å²) >= 11 is 3.32. The number of carboxylic acids is 1. The molecule has 0 aliphatic heterocycles. The van der Waals surface area contributed by atoms with Gasteiger partial charge in [0.1, 0.15) is 11.5 Å². The van der Waals surface area contributed by atoms with Crippen LogP contribution in [0, 0.1) is 5.92 Å². The van der Waals surface area contributed by atoms with Crippen LogP contribution in [0.3, 0.4) is 0 Å². The molecule has 0 fully saturated rings. The number of halogens is 1. The highest BCUT2D eigenvalue weighted by molar-refractivity contribution is 9.10. The smallest absolute Gasteiger partial charge is 0.303 e. The van der Waals surface area contributed by atoms with Gasteiger partial charge in [-0.3, -0.25) is 9.59 Å². The Bertz CT molecular complexity index is 513. The van der Waals surface area contributed by atoms with Crippen molar-refractivity contribution in [3.63, 3.8) is 0 Å². The van der Waals surface area contributed by atoms with Crippen LogP contribution >= 0.6 is 15.9 Å². The minimum Gasteiger partial charge on any atom is -0.497 e. The molecule has 0 amide bonds. The van der Waals surface area contributed by atoms with Gasteiger partial charge in [-0.25, -0.2) is 0 Å². The van der Waals surface area contributed by atoms with Gasteiger partial charge in [0.25, 0.3) is 0 Å². The predicted molar refractivity (Wildman–Crippen MR) is 77.6 cm³/mol. The molecule has 110 valence electrons. The van der Waals surface area contributed by atoms with Crippen molar-refractivity contribution in [1.29, 1.82) is 0 Å². The number of aliphatic carboxylic acids is 1. The lowest BCUT2D eigenvalue weighted by Crippen LogP contribution is -2.12. The van der Waals surface area contributed by atoms with E-state index >= 15 is 0 Å². The number of ketones is 1. The van der Waals surface area contributed by atoms with E-state index in [1.807, 2.05) is 0 Å². The second-order valence-corrected chi connectivity index (χ2v) is 5.37. The molecule has 0 aliphatic carbocycles. The number of hydrogen-bond donors (Lipinski definition) is 1. The molecule has 1 atom stereocenters. The Labute approximate surface area is 126 Å². The summed E-state index contributed by atoms with van der Waals surface area (Å²) < 4.78 is 10.9. The molecule has 0 radical (unpaired) electrons. The Morgan fingerprint density at radius 1 is 1.25 bits per heavy atom. The third-order valence-electron chi connectivity index (χ3n) is 2.82. The summed E-state index contributed by atoms with van der Waals surface area (Å²) in [4.78, 5) is 22.9. The first-order valence-electron chi connectivity index (χ1n) is 6.05. The van der Waals surface area contributed by atoms with Crippen LogP contribution in [0.5, 0.6) is 11.5 Å². The Kier molecular flexibility index (Phi) is 6.01. The Hall–Kier alpha value is -1.56.